The Labute approximate surface area is 73.2 Å². The van der Waals surface area contributed by atoms with E-state index < -0.39 is 5.97 Å². The Kier molecular flexibility index (Phi) is 2.73. The number of rotatable bonds is 3. The van der Waals surface area contributed by atoms with Crippen molar-refractivity contribution in [3.05, 3.63) is 0 Å². The minimum Gasteiger partial charge on any atom is -0.481 e. The maximum Gasteiger partial charge on any atom is 0.308 e. The third kappa shape index (κ3) is 1.33. The van der Waals surface area contributed by atoms with Crippen molar-refractivity contribution >= 4 is 5.97 Å². The van der Waals surface area contributed by atoms with Crippen LogP contribution < -0.4 is 5.32 Å². The second kappa shape index (κ2) is 3.44. The predicted molar refractivity (Wildman–Crippen MR) is 47.1 cm³/mol. The maximum absolute atomic E-state index is 10.9. The third-order valence-electron chi connectivity index (χ3n) is 3.14. The maximum atomic E-state index is 10.9. The fourth-order valence-electron chi connectivity index (χ4n) is 2.22. The normalized spacial score (nSPS) is 27.3. The van der Waals surface area contributed by atoms with Gasteiger partial charge in [0.15, 0.2) is 0 Å². The molecule has 1 aliphatic heterocycles. The molecule has 1 saturated heterocycles. The van der Waals surface area contributed by atoms with Gasteiger partial charge in [-0.3, -0.25) is 4.79 Å². The van der Waals surface area contributed by atoms with Crippen molar-refractivity contribution in [2.45, 2.75) is 38.6 Å². The lowest BCUT2D eigenvalue weighted by Crippen LogP contribution is -2.46. The van der Waals surface area contributed by atoms with Crippen molar-refractivity contribution < 1.29 is 9.90 Å². The van der Waals surface area contributed by atoms with E-state index in [-0.39, 0.29) is 11.5 Å². The van der Waals surface area contributed by atoms with Gasteiger partial charge in [0.1, 0.15) is 0 Å². The van der Waals surface area contributed by atoms with Crippen molar-refractivity contribution in [1.82, 2.24) is 5.32 Å². The Bertz CT molecular complexity index is 175. The molecule has 0 aliphatic carbocycles. The topological polar surface area (TPSA) is 49.3 Å². The highest BCUT2D eigenvalue weighted by Gasteiger charge is 2.43. The smallest absolute Gasteiger partial charge is 0.308 e. The van der Waals surface area contributed by atoms with Crippen LogP contribution >= 0.6 is 0 Å². The van der Waals surface area contributed by atoms with Crippen LogP contribution in [0.2, 0.25) is 0 Å². The van der Waals surface area contributed by atoms with Gasteiger partial charge >= 0.3 is 5.97 Å². The van der Waals surface area contributed by atoms with Crippen LogP contribution in [0.25, 0.3) is 0 Å². The Hall–Kier alpha value is -0.570. The number of aliphatic carboxylic acids is 1. The molecule has 1 atom stereocenters. The molecular weight excluding hydrogens is 154 g/mol. The summed E-state index contributed by atoms with van der Waals surface area (Å²) in [4.78, 5) is 10.9. The summed E-state index contributed by atoms with van der Waals surface area (Å²) in [5.74, 6) is -0.837. The van der Waals surface area contributed by atoms with Gasteiger partial charge in [-0.15, -0.1) is 0 Å². The number of hydrogen-bond donors (Lipinski definition) is 2. The fourth-order valence-corrected chi connectivity index (χ4v) is 2.22. The van der Waals surface area contributed by atoms with Crippen LogP contribution in [-0.4, -0.2) is 23.2 Å². The molecule has 0 aromatic rings. The first-order valence-electron chi connectivity index (χ1n) is 4.64. The zero-order valence-electron chi connectivity index (χ0n) is 7.76. The highest BCUT2D eigenvalue weighted by atomic mass is 16.4. The molecule has 0 spiro atoms. The quantitative estimate of drug-likeness (QED) is 0.671. The fraction of sp³-hybridized carbons (Fsp3) is 0.889. The molecule has 3 nitrogen and oxygen atoms in total. The Morgan fingerprint density at radius 2 is 2.17 bits per heavy atom. The number of carboxylic acids is 1. The monoisotopic (exact) mass is 171 g/mol. The molecule has 1 unspecified atom stereocenters. The van der Waals surface area contributed by atoms with Crippen LogP contribution in [0.4, 0.5) is 0 Å². The van der Waals surface area contributed by atoms with E-state index in [1.54, 1.807) is 0 Å². The third-order valence-corrected chi connectivity index (χ3v) is 3.14. The number of carboxylic acid groups (broad SMARTS) is 1. The Morgan fingerprint density at radius 3 is 2.50 bits per heavy atom. The van der Waals surface area contributed by atoms with Crippen LogP contribution in [0.5, 0.6) is 0 Å². The number of hydrogen-bond acceptors (Lipinski definition) is 2. The van der Waals surface area contributed by atoms with Crippen LogP contribution in [-0.2, 0) is 4.79 Å². The van der Waals surface area contributed by atoms with Crippen LogP contribution in [0.15, 0.2) is 0 Å². The summed E-state index contributed by atoms with van der Waals surface area (Å²) in [5, 5.41) is 12.3. The summed E-state index contributed by atoms with van der Waals surface area (Å²) < 4.78 is 0. The van der Waals surface area contributed by atoms with E-state index in [9.17, 15) is 4.79 Å². The standard InChI is InChI=1S/C9H17NO2/c1-3-9(4-2)7(8(11)12)5-6-10-9/h7,10H,3-6H2,1-2H3,(H,11,12). The Balaban J connectivity index is 2.78. The van der Waals surface area contributed by atoms with E-state index in [1.165, 1.54) is 0 Å². The summed E-state index contributed by atoms with van der Waals surface area (Å²) >= 11 is 0. The minimum atomic E-state index is -0.649. The first kappa shape index (κ1) is 9.52. The average molecular weight is 171 g/mol. The lowest BCUT2D eigenvalue weighted by atomic mass is 9.81. The van der Waals surface area contributed by atoms with Crippen molar-refractivity contribution in [3.63, 3.8) is 0 Å². The van der Waals surface area contributed by atoms with Crippen molar-refractivity contribution in [2.24, 2.45) is 5.92 Å². The van der Waals surface area contributed by atoms with Gasteiger partial charge in [0.2, 0.25) is 0 Å². The number of carbonyl (C=O) groups is 1. The molecule has 1 heterocycles. The van der Waals surface area contributed by atoms with Gasteiger partial charge in [0.05, 0.1) is 5.92 Å². The van der Waals surface area contributed by atoms with E-state index in [0.717, 1.165) is 25.8 Å². The molecule has 0 bridgehead atoms. The summed E-state index contributed by atoms with van der Waals surface area (Å²) in [6, 6.07) is 0. The highest BCUT2D eigenvalue weighted by molar-refractivity contribution is 5.72. The van der Waals surface area contributed by atoms with Gasteiger partial charge < -0.3 is 10.4 Å². The van der Waals surface area contributed by atoms with Gasteiger partial charge in [-0.1, -0.05) is 13.8 Å². The van der Waals surface area contributed by atoms with Crippen molar-refractivity contribution in [1.29, 1.82) is 0 Å². The van der Waals surface area contributed by atoms with Crippen molar-refractivity contribution in [2.75, 3.05) is 6.54 Å². The molecule has 0 amide bonds. The highest BCUT2D eigenvalue weighted by Crippen LogP contribution is 2.32. The van der Waals surface area contributed by atoms with E-state index in [1.807, 2.05) is 0 Å². The minimum absolute atomic E-state index is 0.133. The molecule has 1 fully saturated rings. The van der Waals surface area contributed by atoms with Crippen LogP contribution in [0.1, 0.15) is 33.1 Å². The first-order chi connectivity index (χ1) is 5.66. The van der Waals surface area contributed by atoms with E-state index >= 15 is 0 Å². The first-order valence-corrected chi connectivity index (χ1v) is 4.64. The summed E-state index contributed by atoms with van der Waals surface area (Å²) in [6.07, 6.45) is 2.58. The number of nitrogens with one attached hydrogen (secondary N) is 1. The Morgan fingerprint density at radius 1 is 1.58 bits per heavy atom. The molecule has 0 aromatic carbocycles. The zero-order valence-corrected chi connectivity index (χ0v) is 7.76. The molecule has 12 heavy (non-hydrogen) atoms. The van der Waals surface area contributed by atoms with Gasteiger partial charge in [0, 0.05) is 5.54 Å². The van der Waals surface area contributed by atoms with E-state index in [4.69, 9.17) is 5.11 Å². The summed E-state index contributed by atoms with van der Waals surface area (Å²) in [5.41, 5.74) is -0.133. The molecule has 1 rings (SSSR count). The molecule has 0 radical (unpaired) electrons. The zero-order chi connectivity index (χ0) is 9.19. The molecule has 3 heteroatoms. The van der Waals surface area contributed by atoms with Gasteiger partial charge in [-0.25, -0.2) is 0 Å². The van der Waals surface area contributed by atoms with Gasteiger partial charge in [0.25, 0.3) is 0 Å². The largest absolute Gasteiger partial charge is 0.481 e. The SMILES string of the molecule is CCC1(CC)NCCC1C(=O)O. The molecule has 0 aromatic heterocycles. The predicted octanol–water partition coefficient (Wildman–Crippen LogP) is 1.24. The van der Waals surface area contributed by atoms with E-state index in [0.29, 0.717) is 0 Å². The molecular formula is C9H17NO2. The van der Waals surface area contributed by atoms with Gasteiger partial charge in [-0.05, 0) is 25.8 Å². The summed E-state index contributed by atoms with van der Waals surface area (Å²) in [6.45, 7) is 4.95. The molecule has 70 valence electrons. The van der Waals surface area contributed by atoms with Gasteiger partial charge in [-0.2, -0.15) is 0 Å². The second-order valence-electron chi connectivity index (χ2n) is 3.47. The lowest BCUT2D eigenvalue weighted by molar-refractivity contribution is -0.143. The molecule has 1 aliphatic rings. The molecule has 0 saturated carbocycles. The van der Waals surface area contributed by atoms with Crippen LogP contribution in [0.3, 0.4) is 0 Å². The lowest BCUT2D eigenvalue weighted by Gasteiger charge is -2.31. The molecule has 2 N–H and O–H groups in total. The van der Waals surface area contributed by atoms with Crippen molar-refractivity contribution in [3.8, 4) is 0 Å². The van der Waals surface area contributed by atoms with Crippen LogP contribution in [0, 0.1) is 5.92 Å². The summed E-state index contributed by atoms with van der Waals surface area (Å²) in [7, 11) is 0. The average Bonchev–Trinajstić information content (AvgIpc) is 2.48. The second-order valence-corrected chi connectivity index (χ2v) is 3.47. The van der Waals surface area contributed by atoms with E-state index in [2.05, 4.69) is 19.2 Å².